The smallest absolute Gasteiger partial charge is 0.355 e. The second kappa shape index (κ2) is 20.0. The molecule has 2 saturated heterocycles. The van der Waals surface area contributed by atoms with Crippen molar-refractivity contribution in [3.8, 4) is 11.1 Å². The highest BCUT2D eigenvalue weighted by Crippen LogP contribution is 2.45. The number of rotatable bonds is 11. The van der Waals surface area contributed by atoms with Crippen LogP contribution in [0.2, 0.25) is 0 Å². The maximum atomic E-state index is 13.9. The fourth-order valence-corrected chi connectivity index (χ4v) is 13.2. The Labute approximate surface area is 436 Å². The average molecular weight is 1010 g/mol. The highest BCUT2D eigenvalue weighted by Gasteiger charge is 2.35. The van der Waals surface area contributed by atoms with Crippen molar-refractivity contribution in [1.82, 2.24) is 30.0 Å². The summed E-state index contributed by atoms with van der Waals surface area (Å²) in [6.07, 6.45) is 7.21. The number of carboxylic acid groups (broad SMARTS) is 1. The van der Waals surface area contributed by atoms with E-state index < -0.39 is 17.3 Å². The molecule has 1 unspecified atom stereocenters. The number of fused-ring (bicyclic) bond motifs is 3. The molecule has 7 aromatic rings. The third kappa shape index (κ3) is 9.56. The molecule has 3 fully saturated rings. The zero-order valence-electron chi connectivity index (χ0n) is 43.0. The van der Waals surface area contributed by atoms with Gasteiger partial charge in [0.2, 0.25) is 11.8 Å². The van der Waals surface area contributed by atoms with Crippen molar-refractivity contribution in [1.29, 1.82) is 0 Å². The Morgan fingerprint density at radius 1 is 0.851 bits per heavy atom. The number of nitrogens with zero attached hydrogens (tertiary/aromatic N) is 7. The van der Waals surface area contributed by atoms with Crippen LogP contribution in [-0.2, 0) is 35.0 Å². The van der Waals surface area contributed by atoms with Crippen LogP contribution in [0.25, 0.3) is 32.2 Å². The highest BCUT2D eigenvalue weighted by molar-refractivity contribution is 7.22. The first-order chi connectivity index (χ1) is 35.7. The maximum absolute atomic E-state index is 13.9. The molecule has 1 atom stereocenters. The Balaban J connectivity index is 0.750. The fraction of sp³-hybridized carbons (Fsp3) is 0.407. The number of hydrogen-bond acceptors (Lipinski definition) is 11. The van der Waals surface area contributed by atoms with Gasteiger partial charge in [0.25, 0.3) is 5.91 Å². The minimum atomic E-state index is -1.06. The molecule has 1 saturated carbocycles. The molecular weight excluding hydrogens is 947 g/mol. The van der Waals surface area contributed by atoms with E-state index in [4.69, 9.17) is 10.1 Å². The molecule has 382 valence electrons. The Kier molecular flexibility index (Phi) is 13.3. The van der Waals surface area contributed by atoms with Gasteiger partial charge in [-0.25, -0.2) is 14.8 Å². The van der Waals surface area contributed by atoms with E-state index in [2.05, 4.69) is 100 Å². The zero-order valence-corrected chi connectivity index (χ0v) is 43.9. The molecule has 3 amide bonds. The lowest BCUT2D eigenvalue weighted by Gasteiger charge is -2.37. The van der Waals surface area contributed by atoms with Crippen LogP contribution >= 0.6 is 11.3 Å². The molecule has 15 heteroatoms. The van der Waals surface area contributed by atoms with Crippen LogP contribution < -0.4 is 20.4 Å². The topological polar surface area (TPSA) is 166 Å². The quantitative estimate of drug-likeness (QED) is 0.106. The molecule has 11 rings (SSSR count). The predicted molar refractivity (Wildman–Crippen MR) is 293 cm³/mol. The minimum Gasteiger partial charge on any atom is -0.476 e. The molecule has 3 aliphatic heterocycles. The van der Waals surface area contributed by atoms with Gasteiger partial charge in [0, 0.05) is 69.3 Å². The SMILES string of the molecule is Cc1c(-c2c(C(C)(C)C)cc(N3CCc4cccc(C(=O)Nc5nc6ccccc6s5)c4C3)nc2C(=O)O)cccc1C1CCC(CCN2CCN(c3cccc4c(C5CCC(=O)NC5=O)nn(C)c34)CC2)CC1. The molecule has 6 heterocycles. The van der Waals surface area contributed by atoms with Crippen LogP contribution in [0.3, 0.4) is 0 Å². The van der Waals surface area contributed by atoms with Gasteiger partial charge in [-0.1, -0.05) is 86.7 Å². The van der Waals surface area contributed by atoms with E-state index in [1.165, 1.54) is 36.2 Å². The molecule has 0 radical (unpaired) electrons. The number of benzene rings is 4. The number of aryl methyl sites for hydroxylation is 1. The van der Waals surface area contributed by atoms with Crippen molar-refractivity contribution in [2.75, 3.05) is 54.4 Å². The number of pyridine rings is 1. The van der Waals surface area contributed by atoms with E-state index in [1.807, 2.05) is 54.2 Å². The van der Waals surface area contributed by atoms with Gasteiger partial charge in [0.05, 0.1) is 33.0 Å². The average Bonchev–Trinajstić information content (AvgIpc) is 3.97. The van der Waals surface area contributed by atoms with Gasteiger partial charge < -0.3 is 14.9 Å². The first-order valence-electron chi connectivity index (χ1n) is 26.4. The standard InChI is InChI=1S/C59H65N9O5S/c1-35-39(38-21-19-36(20-22-38)25-27-66-29-31-67(32-30-66)47-17-10-15-42-52(64-65(5)54(42)47)43-23-24-50(69)62-56(43)71)12-9-13-40(35)51-45(59(2,3)4)33-49(61-53(51)57(72)73)68-28-26-37-11-8-14-41(44(37)34-68)55(70)63-58-60-46-16-6-7-18-48(46)74-58/h6-18,33,36,38,43H,19-32,34H2,1-5H3,(H,72,73)(H,60,63,70)(H,62,69,71). The zero-order chi connectivity index (χ0) is 51.4. The van der Waals surface area contributed by atoms with Gasteiger partial charge in [-0.3, -0.25) is 34.6 Å². The summed E-state index contributed by atoms with van der Waals surface area (Å²) < 4.78 is 2.91. The molecule has 1 aliphatic carbocycles. The number of hydrogen-bond donors (Lipinski definition) is 3. The molecule has 74 heavy (non-hydrogen) atoms. The van der Waals surface area contributed by atoms with Crippen LogP contribution in [0.15, 0.2) is 84.9 Å². The van der Waals surface area contributed by atoms with E-state index in [0.29, 0.717) is 66.3 Å². The van der Waals surface area contributed by atoms with Crippen LogP contribution in [0.1, 0.15) is 132 Å². The number of carbonyl (C=O) groups excluding carboxylic acids is 3. The van der Waals surface area contributed by atoms with Gasteiger partial charge in [0.15, 0.2) is 10.8 Å². The molecule has 0 bridgehead atoms. The van der Waals surface area contributed by atoms with E-state index >= 15 is 0 Å². The van der Waals surface area contributed by atoms with Crippen LogP contribution in [0, 0.1) is 12.8 Å². The molecule has 4 aromatic carbocycles. The van der Waals surface area contributed by atoms with Crippen molar-refractivity contribution in [2.24, 2.45) is 13.0 Å². The summed E-state index contributed by atoms with van der Waals surface area (Å²) in [6, 6.07) is 28.5. The van der Waals surface area contributed by atoms with Crippen LogP contribution in [-0.4, -0.2) is 92.7 Å². The molecule has 3 aromatic heterocycles. The Bertz CT molecular complexity index is 3310. The number of carboxylic acids is 1. The second-order valence-corrected chi connectivity index (χ2v) is 22.9. The van der Waals surface area contributed by atoms with Gasteiger partial charge in [-0.2, -0.15) is 5.10 Å². The van der Waals surface area contributed by atoms with Crippen molar-refractivity contribution in [3.05, 3.63) is 130 Å². The summed E-state index contributed by atoms with van der Waals surface area (Å²) in [4.78, 5) is 68.7. The Hall–Kier alpha value is -6.97. The van der Waals surface area contributed by atoms with E-state index in [1.54, 1.807) is 0 Å². The highest BCUT2D eigenvalue weighted by atomic mass is 32.1. The number of thiazole rings is 1. The number of amides is 3. The second-order valence-electron chi connectivity index (χ2n) is 21.9. The molecule has 3 N–H and O–H groups in total. The van der Waals surface area contributed by atoms with Crippen LogP contribution in [0.4, 0.5) is 16.6 Å². The van der Waals surface area contributed by atoms with Crippen molar-refractivity contribution in [3.63, 3.8) is 0 Å². The first kappa shape index (κ1) is 49.3. The predicted octanol–water partition coefficient (Wildman–Crippen LogP) is 10.4. The minimum absolute atomic E-state index is 0.0535. The number of aromatic carboxylic acids is 1. The lowest BCUT2D eigenvalue weighted by atomic mass is 9.74. The number of para-hydroxylation sites is 2. The lowest BCUT2D eigenvalue weighted by Crippen LogP contribution is -2.47. The normalized spacial score (nSPS) is 19.7. The van der Waals surface area contributed by atoms with Crippen molar-refractivity contribution >= 4 is 72.8 Å². The monoisotopic (exact) mass is 1010 g/mol. The number of nitrogens with one attached hydrogen (secondary N) is 2. The number of piperidine rings is 1. The number of piperazine rings is 1. The van der Waals surface area contributed by atoms with Crippen LogP contribution in [0.5, 0.6) is 0 Å². The molecule has 4 aliphatic rings. The lowest BCUT2D eigenvalue weighted by molar-refractivity contribution is -0.134. The number of aromatic nitrogens is 4. The van der Waals surface area contributed by atoms with E-state index in [0.717, 1.165) is 106 Å². The van der Waals surface area contributed by atoms with Gasteiger partial charge >= 0.3 is 5.97 Å². The summed E-state index contributed by atoms with van der Waals surface area (Å²) in [5.41, 5.74) is 11.0. The third-order valence-electron chi connectivity index (χ3n) is 16.3. The first-order valence-corrected chi connectivity index (χ1v) is 27.2. The number of carbonyl (C=O) groups is 4. The summed E-state index contributed by atoms with van der Waals surface area (Å²) in [6.45, 7) is 14.5. The summed E-state index contributed by atoms with van der Waals surface area (Å²) in [5, 5.41) is 22.9. The summed E-state index contributed by atoms with van der Waals surface area (Å²) in [5.74, 6) is -0.521. The Morgan fingerprint density at radius 2 is 1.62 bits per heavy atom. The summed E-state index contributed by atoms with van der Waals surface area (Å²) >= 11 is 1.45. The van der Waals surface area contributed by atoms with Gasteiger partial charge in [-0.05, 0) is 139 Å². The largest absolute Gasteiger partial charge is 0.476 e. The van der Waals surface area contributed by atoms with Gasteiger partial charge in [-0.15, -0.1) is 0 Å². The van der Waals surface area contributed by atoms with E-state index in [-0.39, 0.29) is 23.4 Å². The number of imide groups is 1. The Morgan fingerprint density at radius 3 is 2.38 bits per heavy atom. The number of anilines is 3. The molecule has 0 spiro atoms. The molecular formula is C59H65N9O5S. The maximum Gasteiger partial charge on any atom is 0.355 e. The van der Waals surface area contributed by atoms with E-state index in [9.17, 15) is 24.3 Å². The van der Waals surface area contributed by atoms with Gasteiger partial charge in [0.1, 0.15) is 5.82 Å². The third-order valence-corrected chi connectivity index (χ3v) is 17.3. The van der Waals surface area contributed by atoms with Crippen molar-refractivity contribution < 1.29 is 24.3 Å². The fourth-order valence-electron chi connectivity index (χ4n) is 12.3. The van der Waals surface area contributed by atoms with Crippen molar-refractivity contribution in [2.45, 2.75) is 103 Å². The summed E-state index contributed by atoms with van der Waals surface area (Å²) in [7, 11) is 1.95. The molecule has 14 nitrogen and oxygen atoms in total.